The first kappa shape index (κ1) is 14.9. The molecule has 4 heteroatoms. The summed E-state index contributed by atoms with van der Waals surface area (Å²) < 4.78 is 2.11. The van der Waals surface area contributed by atoms with Crippen molar-refractivity contribution in [2.75, 3.05) is 5.75 Å². The Bertz CT molecular complexity index is 374. The van der Waals surface area contributed by atoms with Crippen LogP contribution in [0.5, 0.6) is 0 Å². The van der Waals surface area contributed by atoms with E-state index in [1.807, 2.05) is 11.8 Å². The first-order valence-corrected chi connectivity index (χ1v) is 8.57. The zero-order chi connectivity index (χ0) is 13.7. The van der Waals surface area contributed by atoms with Crippen molar-refractivity contribution in [3.05, 3.63) is 18.0 Å². The average molecular weight is 282 g/mol. The molecule has 108 valence electrons. The third-order valence-electron chi connectivity index (χ3n) is 3.96. The van der Waals surface area contributed by atoms with Crippen molar-refractivity contribution in [2.45, 2.75) is 69.8 Å². The van der Waals surface area contributed by atoms with Crippen molar-refractivity contribution in [1.29, 1.82) is 0 Å². The van der Waals surface area contributed by atoms with Crippen LogP contribution in [0.4, 0.5) is 0 Å². The molecule has 2 rings (SSSR count). The molecule has 0 aromatic carbocycles. The second-order valence-corrected chi connectivity index (χ2v) is 7.11. The van der Waals surface area contributed by atoms with Gasteiger partial charge in [-0.1, -0.05) is 26.7 Å². The maximum Gasteiger partial charge on any atom is 0.0686 e. The zero-order valence-electron chi connectivity index (χ0n) is 12.1. The number of hydrogen-bond acceptors (Lipinski definition) is 3. The summed E-state index contributed by atoms with van der Waals surface area (Å²) in [4.78, 5) is 0. The van der Waals surface area contributed by atoms with Crippen molar-refractivity contribution in [1.82, 2.24) is 9.78 Å². The van der Waals surface area contributed by atoms with E-state index in [4.69, 9.17) is 0 Å². The van der Waals surface area contributed by atoms with Crippen molar-refractivity contribution < 1.29 is 5.11 Å². The molecule has 0 aliphatic heterocycles. The van der Waals surface area contributed by atoms with E-state index in [1.54, 1.807) is 0 Å². The second-order valence-electron chi connectivity index (χ2n) is 5.64. The standard InChI is InChI=1S/C15H26N2OS/c1-3-12(2)19-11-15(18)10-13-8-9-17(16-13)14-6-4-5-7-14/h8-9,12,14-15,18H,3-7,10-11H2,1-2H3. The molecule has 0 amide bonds. The predicted molar refractivity (Wildman–Crippen MR) is 81.7 cm³/mol. The molecule has 2 atom stereocenters. The Balaban J connectivity index is 1.78. The van der Waals surface area contributed by atoms with Crippen molar-refractivity contribution in [3.8, 4) is 0 Å². The van der Waals surface area contributed by atoms with E-state index in [0.717, 1.165) is 17.9 Å². The van der Waals surface area contributed by atoms with Gasteiger partial charge in [-0.25, -0.2) is 0 Å². The molecule has 1 heterocycles. The highest BCUT2D eigenvalue weighted by molar-refractivity contribution is 7.99. The molecule has 3 nitrogen and oxygen atoms in total. The topological polar surface area (TPSA) is 38.0 Å². The molecule has 19 heavy (non-hydrogen) atoms. The summed E-state index contributed by atoms with van der Waals surface area (Å²) >= 11 is 1.85. The summed E-state index contributed by atoms with van der Waals surface area (Å²) in [5.41, 5.74) is 1.03. The molecular weight excluding hydrogens is 256 g/mol. The van der Waals surface area contributed by atoms with E-state index >= 15 is 0 Å². The van der Waals surface area contributed by atoms with Crippen molar-refractivity contribution >= 4 is 11.8 Å². The summed E-state index contributed by atoms with van der Waals surface area (Å²) in [6.45, 7) is 4.40. The molecule has 1 fully saturated rings. The number of hydrogen-bond donors (Lipinski definition) is 1. The van der Waals surface area contributed by atoms with Crippen LogP contribution in [-0.4, -0.2) is 32.0 Å². The van der Waals surface area contributed by atoms with Gasteiger partial charge in [0.25, 0.3) is 0 Å². The lowest BCUT2D eigenvalue weighted by atomic mass is 10.2. The van der Waals surface area contributed by atoms with E-state index in [1.165, 1.54) is 25.7 Å². The molecule has 0 saturated heterocycles. The third kappa shape index (κ3) is 4.53. The van der Waals surface area contributed by atoms with E-state index < -0.39 is 0 Å². The van der Waals surface area contributed by atoms with Crippen LogP contribution in [0.1, 0.15) is 57.7 Å². The Hall–Kier alpha value is -0.480. The van der Waals surface area contributed by atoms with E-state index in [0.29, 0.717) is 17.7 Å². The van der Waals surface area contributed by atoms with Gasteiger partial charge in [0.15, 0.2) is 0 Å². The molecule has 2 unspecified atom stereocenters. The number of aliphatic hydroxyl groups is 1. The van der Waals surface area contributed by atoms with E-state index in [2.05, 4.69) is 35.9 Å². The van der Waals surface area contributed by atoms with Gasteiger partial charge in [0, 0.05) is 23.6 Å². The molecule has 0 spiro atoms. The highest BCUT2D eigenvalue weighted by Gasteiger charge is 2.18. The number of thioether (sulfide) groups is 1. The first-order valence-electron chi connectivity index (χ1n) is 7.52. The monoisotopic (exact) mass is 282 g/mol. The van der Waals surface area contributed by atoms with Crippen LogP contribution in [0, 0.1) is 0 Å². The minimum Gasteiger partial charge on any atom is -0.392 e. The normalized spacial score (nSPS) is 19.7. The lowest BCUT2D eigenvalue weighted by Gasteiger charge is -2.12. The third-order valence-corrected chi connectivity index (χ3v) is 5.43. The van der Waals surface area contributed by atoms with Crippen molar-refractivity contribution in [2.24, 2.45) is 0 Å². The van der Waals surface area contributed by atoms with Gasteiger partial charge in [0.05, 0.1) is 17.8 Å². The summed E-state index contributed by atoms with van der Waals surface area (Å²) in [7, 11) is 0. The SMILES string of the molecule is CCC(C)SCC(O)Cc1ccn(C2CCCC2)n1. The maximum atomic E-state index is 10.1. The smallest absolute Gasteiger partial charge is 0.0686 e. The second kappa shape index (κ2) is 7.34. The van der Waals surface area contributed by atoms with Gasteiger partial charge in [-0.05, 0) is 25.3 Å². The lowest BCUT2D eigenvalue weighted by molar-refractivity contribution is 0.198. The number of rotatable bonds is 7. The molecule has 0 radical (unpaired) electrons. The molecule has 1 aliphatic rings. The van der Waals surface area contributed by atoms with Gasteiger partial charge in [0.1, 0.15) is 0 Å². The van der Waals surface area contributed by atoms with Gasteiger partial charge < -0.3 is 5.11 Å². The Morgan fingerprint density at radius 2 is 2.21 bits per heavy atom. The average Bonchev–Trinajstić information content (AvgIpc) is 3.06. The number of aromatic nitrogens is 2. The fourth-order valence-corrected chi connectivity index (χ4v) is 3.46. The van der Waals surface area contributed by atoms with Crippen LogP contribution < -0.4 is 0 Å². The predicted octanol–water partition coefficient (Wildman–Crippen LogP) is 3.43. The van der Waals surface area contributed by atoms with Gasteiger partial charge in [-0.2, -0.15) is 16.9 Å². The lowest BCUT2D eigenvalue weighted by Crippen LogP contribution is -2.16. The Kier molecular flexibility index (Phi) is 5.76. The quantitative estimate of drug-likeness (QED) is 0.832. The fraction of sp³-hybridized carbons (Fsp3) is 0.800. The van der Waals surface area contributed by atoms with Crippen LogP contribution in [0.3, 0.4) is 0 Å². The van der Waals surface area contributed by atoms with E-state index in [-0.39, 0.29) is 6.10 Å². The van der Waals surface area contributed by atoms with Crippen molar-refractivity contribution in [3.63, 3.8) is 0 Å². The van der Waals surface area contributed by atoms with Crippen LogP contribution >= 0.6 is 11.8 Å². The highest BCUT2D eigenvalue weighted by atomic mass is 32.2. The van der Waals surface area contributed by atoms with Gasteiger partial charge in [0.2, 0.25) is 0 Å². The molecule has 1 aromatic rings. The Morgan fingerprint density at radius 3 is 2.89 bits per heavy atom. The summed E-state index contributed by atoms with van der Waals surface area (Å²) in [6, 6.07) is 2.66. The van der Waals surface area contributed by atoms with Crippen LogP contribution in [-0.2, 0) is 6.42 Å². The minimum absolute atomic E-state index is 0.272. The van der Waals surface area contributed by atoms with Crippen LogP contribution in [0.2, 0.25) is 0 Å². The fourth-order valence-electron chi connectivity index (χ4n) is 2.55. The van der Waals surface area contributed by atoms with Gasteiger partial charge >= 0.3 is 0 Å². The minimum atomic E-state index is -0.272. The molecule has 1 N–H and O–H groups in total. The highest BCUT2D eigenvalue weighted by Crippen LogP contribution is 2.28. The summed E-state index contributed by atoms with van der Waals surface area (Å²) in [6.07, 6.45) is 8.82. The Morgan fingerprint density at radius 1 is 1.47 bits per heavy atom. The van der Waals surface area contributed by atoms with Gasteiger partial charge in [-0.15, -0.1) is 0 Å². The maximum absolute atomic E-state index is 10.1. The summed E-state index contributed by atoms with van der Waals surface area (Å²) in [5.74, 6) is 0.811. The first-order chi connectivity index (χ1) is 9.19. The largest absolute Gasteiger partial charge is 0.392 e. The number of aliphatic hydroxyl groups excluding tert-OH is 1. The van der Waals surface area contributed by atoms with E-state index in [9.17, 15) is 5.11 Å². The molecule has 1 saturated carbocycles. The molecule has 1 aliphatic carbocycles. The molecular formula is C15H26N2OS. The number of nitrogens with zero attached hydrogens (tertiary/aromatic N) is 2. The molecule has 0 bridgehead atoms. The molecule has 1 aromatic heterocycles. The van der Waals surface area contributed by atoms with Crippen LogP contribution in [0.25, 0.3) is 0 Å². The Labute approximate surface area is 120 Å². The van der Waals surface area contributed by atoms with Crippen LogP contribution in [0.15, 0.2) is 12.3 Å². The summed E-state index contributed by atoms with van der Waals surface area (Å²) in [5, 5.41) is 15.3. The zero-order valence-corrected chi connectivity index (χ0v) is 12.9. The van der Waals surface area contributed by atoms with Gasteiger partial charge in [-0.3, -0.25) is 4.68 Å².